The Hall–Kier alpha value is -3.08. The first-order valence-electron chi connectivity index (χ1n) is 9.83. The van der Waals surface area contributed by atoms with Crippen LogP contribution in [0.4, 0.5) is 5.69 Å². The van der Waals surface area contributed by atoms with E-state index in [0.717, 1.165) is 29.5 Å². The first-order chi connectivity index (χ1) is 13.6. The molecule has 2 aromatic carbocycles. The molecule has 1 aliphatic carbocycles. The van der Waals surface area contributed by atoms with Gasteiger partial charge >= 0.3 is 0 Å². The highest BCUT2D eigenvalue weighted by molar-refractivity contribution is 6.22. The van der Waals surface area contributed by atoms with Crippen LogP contribution in [0.5, 0.6) is 5.88 Å². The summed E-state index contributed by atoms with van der Waals surface area (Å²) < 4.78 is 1.32. The zero-order valence-corrected chi connectivity index (χ0v) is 16.1. The lowest BCUT2D eigenvalue weighted by Crippen LogP contribution is -2.15. The zero-order valence-electron chi connectivity index (χ0n) is 16.1. The van der Waals surface area contributed by atoms with E-state index in [4.69, 9.17) is 10.7 Å². The summed E-state index contributed by atoms with van der Waals surface area (Å²) in [6, 6.07) is 15.5. The van der Waals surface area contributed by atoms with E-state index in [1.165, 1.54) is 30.8 Å². The highest BCUT2D eigenvalue weighted by Crippen LogP contribution is 2.35. The second-order valence-corrected chi connectivity index (χ2v) is 7.47. The Balaban J connectivity index is 1.99. The molecule has 3 N–H and O–H groups in total. The number of nitrogens with two attached hydrogens (primary N) is 1. The first-order valence-corrected chi connectivity index (χ1v) is 9.83. The van der Waals surface area contributed by atoms with Gasteiger partial charge < -0.3 is 10.8 Å². The number of aromatic nitrogens is 1. The van der Waals surface area contributed by atoms with Gasteiger partial charge in [-0.2, -0.15) is 0 Å². The molecule has 0 atom stereocenters. The number of hydrogen-bond acceptors (Lipinski definition) is 4. The molecule has 144 valence electrons. The summed E-state index contributed by atoms with van der Waals surface area (Å²) in [6.45, 7) is 1.44. The number of fused-ring (bicyclic) bond motifs is 1. The molecular weight excluding hydrogens is 350 g/mol. The maximum absolute atomic E-state index is 12.3. The fourth-order valence-electron chi connectivity index (χ4n) is 4.12. The van der Waals surface area contributed by atoms with Gasteiger partial charge in [-0.25, -0.2) is 0 Å². The SMILES string of the molecule is CC(=O)n1c(O)c(C(=NC2CCCCC2)c2ccccc2)c2ccc(N)cc21. The number of carbonyl (C=O) groups excluding carboxylic acids is 1. The fraction of sp³-hybridized carbons (Fsp3) is 0.304. The van der Waals surface area contributed by atoms with Crippen LogP contribution in [0.15, 0.2) is 53.5 Å². The number of hydrogen-bond donors (Lipinski definition) is 2. The van der Waals surface area contributed by atoms with Gasteiger partial charge in [0.2, 0.25) is 11.8 Å². The lowest BCUT2D eigenvalue weighted by molar-refractivity contribution is 0.0933. The largest absolute Gasteiger partial charge is 0.494 e. The van der Waals surface area contributed by atoms with Crippen LogP contribution in [0.2, 0.25) is 0 Å². The molecule has 5 heteroatoms. The van der Waals surface area contributed by atoms with Crippen LogP contribution in [-0.2, 0) is 0 Å². The van der Waals surface area contributed by atoms with Crippen molar-refractivity contribution in [1.29, 1.82) is 0 Å². The van der Waals surface area contributed by atoms with E-state index in [2.05, 4.69) is 0 Å². The molecule has 1 aromatic heterocycles. The normalized spacial score (nSPS) is 15.8. The molecular formula is C23H25N3O2. The molecule has 0 amide bonds. The van der Waals surface area contributed by atoms with E-state index in [9.17, 15) is 9.90 Å². The van der Waals surface area contributed by atoms with E-state index in [-0.39, 0.29) is 17.8 Å². The minimum absolute atomic E-state index is 0.0773. The minimum atomic E-state index is -0.260. The highest BCUT2D eigenvalue weighted by Gasteiger charge is 2.25. The van der Waals surface area contributed by atoms with Crippen LogP contribution in [0.25, 0.3) is 10.9 Å². The highest BCUT2D eigenvalue weighted by atomic mass is 16.3. The molecule has 1 saturated carbocycles. The van der Waals surface area contributed by atoms with Gasteiger partial charge in [0.1, 0.15) is 0 Å². The van der Waals surface area contributed by atoms with Gasteiger partial charge in [-0.15, -0.1) is 0 Å². The molecule has 1 fully saturated rings. The Kier molecular flexibility index (Phi) is 4.90. The summed E-state index contributed by atoms with van der Waals surface area (Å²) in [7, 11) is 0. The summed E-state index contributed by atoms with van der Waals surface area (Å²) >= 11 is 0. The second kappa shape index (κ2) is 7.50. The Bertz CT molecular complexity index is 1040. The molecule has 0 spiro atoms. The maximum Gasteiger partial charge on any atom is 0.230 e. The number of carbonyl (C=O) groups is 1. The molecule has 5 nitrogen and oxygen atoms in total. The van der Waals surface area contributed by atoms with Gasteiger partial charge in [0.05, 0.1) is 22.8 Å². The Morgan fingerprint density at radius 2 is 1.82 bits per heavy atom. The second-order valence-electron chi connectivity index (χ2n) is 7.47. The number of anilines is 1. The van der Waals surface area contributed by atoms with Crippen molar-refractivity contribution in [1.82, 2.24) is 4.57 Å². The van der Waals surface area contributed by atoms with Crippen LogP contribution in [0.3, 0.4) is 0 Å². The molecule has 4 rings (SSSR count). The topological polar surface area (TPSA) is 80.6 Å². The molecule has 3 aromatic rings. The van der Waals surface area contributed by atoms with Crippen LogP contribution < -0.4 is 5.73 Å². The third-order valence-electron chi connectivity index (χ3n) is 5.45. The van der Waals surface area contributed by atoms with Crippen LogP contribution in [0, 0.1) is 0 Å². The van der Waals surface area contributed by atoms with Crippen molar-refractivity contribution in [2.45, 2.75) is 45.1 Å². The van der Waals surface area contributed by atoms with Crippen molar-refractivity contribution in [3.8, 4) is 5.88 Å². The number of nitrogens with zero attached hydrogens (tertiary/aromatic N) is 2. The lowest BCUT2D eigenvalue weighted by atomic mass is 9.94. The number of benzene rings is 2. The summed E-state index contributed by atoms with van der Waals surface area (Å²) in [5, 5.41) is 11.8. The molecule has 1 aliphatic rings. The van der Waals surface area contributed by atoms with Crippen molar-refractivity contribution < 1.29 is 9.90 Å². The summed E-state index contributed by atoms with van der Waals surface area (Å²) in [4.78, 5) is 17.4. The third kappa shape index (κ3) is 3.28. The van der Waals surface area contributed by atoms with Crippen molar-refractivity contribution in [2.75, 3.05) is 5.73 Å². The first kappa shape index (κ1) is 18.3. The predicted octanol–water partition coefficient (Wildman–Crippen LogP) is 4.76. The van der Waals surface area contributed by atoms with E-state index in [0.29, 0.717) is 16.8 Å². The van der Waals surface area contributed by atoms with Crippen molar-refractivity contribution in [3.63, 3.8) is 0 Å². The molecule has 1 heterocycles. The number of rotatable bonds is 3. The molecule has 0 aliphatic heterocycles. The van der Waals surface area contributed by atoms with Gasteiger partial charge in [0.25, 0.3) is 0 Å². The van der Waals surface area contributed by atoms with Gasteiger partial charge in [-0.3, -0.25) is 14.4 Å². The quantitative estimate of drug-likeness (QED) is 0.511. The van der Waals surface area contributed by atoms with E-state index in [1.807, 2.05) is 36.4 Å². The van der Waals surface area contributed by atoms with E-state index in [1.54, 1.807) is 12.1 Å². The third-order valence-corrected chi connectivity index (χ3v) is 5.45. The summed E-state index contributed by atoms with van der Waals surface area (Å²) in [6.07, 6.45) is 5.70. The average Bonchev–Trinajstić information content (AvgIpc) is 2.98. The molecule has 0 radical (unpaired) electrons. The van der Waals surface area contributed by atoms with Gasteiger partial charge in [0.15, 0.2) is 0 Å². The van der Waals surface area contributed by atoms with Crippen molar-refractivity contribution in [2.24, 2.45) is 4.99 Å². The molecule has 0 bridgehead atoms. The van der Waals surface area contributed by atoms with Crippen LogP contribution in [0.1, 0.15) is 54.9 Å². The van der Waals surface area contributed by atoms with Gasteiger partial charge in [-0.1, -0.05) is 49.6 Å². The number of nitrogen functional groups attached to an aromatic ring is 1. The molecule has 28 heavy (non-hydrogen) atoms. The monoisotopic (exact) mass is 375 g/mol. The zero-order chi connectivity index (χ0) is 19.7. The smallest absolute Gasteiger partial charge is 0.230 e. The van der Waals surface area contributed by atoms with Crippen molar-refractivity contribution >= 4 is 28.2 Å². The lowest BCUT2D eigenvalue weighted by Gasteiger charge is -2.19. The van der Waals surface area contributed by atoms with Crippen LogP contribution in [-0.4, -0.2) is 27.3 Å². The van der Waals surface area contributed by atoms with Crippen LogP contribution >= 0.6 is 0 Å². The maximum atomic E-state index is 12.3. The standard InChI is InChI=1S/C23H25N3O2/c1-15(27)26-20-14-17(24)12-13-19(20)21(23(26)28)22(16-8-4-2-5-9-16)25-18-10-6-3-7-11-18/h2,4-5,8-9,12-14,18,28H,3,6-7,10-11,24H2,1H3. The minimum Gasteiger partial charge on any atom is -0.494 e. The van der Waals surface area contributed by atoms with E-state index >= 15 is 0 Å². The summed E-state index contributed by atoms with van der Waals surface area (Å²) in [5.74, 6) is -0.337. The van der Waals surface area contributed by atoms with Gasteiger partial charge in [-0.05, 0) is 31.0 Å². The van der Waals surface area contributed by atoms with Gasteiger partial charge in [0, 0.05) is 23.6 Å². The fourth-order valence-corrected chi connectivity index (χ4v) is 4.12. The Morgan fingerprint density at radius 3 is 2.50 bits per heavy atom. The Labute approximate surface area is 164 Å². The van der Waals surface area contributed by atoms with E-state index < -0.39 is 0 Å². The molecule has 0 unspecified atom stereocenters. The number of aliphatic imine (C=N–C) groups is 1. The average molecular weight is 375 g/mol. The predicted molar refractivity (Wildman–Crippen MR) is 113 cm³/mol. The Morgan fingerprint density at radius 1 is 1.11 bits per heavy atom. The summed E-state index contributed by atoms with van der Waals surface area (Å²) in [5.41, 5.74) is 9.37. The van der Waals surface area contributed by atoms with Crippen molar-refractivity contribution in [3.05, 3.63) is 59.7 Å². The molecule has 0 saturated heterocycles. The number of aromatic hydroxyl groups is 1.